The Kier molecular flexibility index (Phi) is 4.00. The van der Waals surface area contributed by atoms with Gasteiger partial charge in [0.05, 0.1) is 12.5 Å². The predicted molar refractivity (Wildman–Crippen MR) is 120 cm³/mol. The summed E-state index contributed by atoms with van der Waals surface area (Å²) in [6.45, 7) is 0.296. The van der Waals surface area contributed by atoms with Crippen molar-refractivity contribution in [3.63, 3.8) is 0 Å². The third-order valence-electron chi connectivity index (χ3n) is 7.14. The molecule has 0 unspecified atom stereocenters. The van der Waals surface area contributed by atoms with Gasteiger partial charge in [-0.25, -0.2) is 0 Å². The van der Waals surface area contributed by atoms with Crippen LogP contribution >= 0.6 is 11.6 Å². The van der Waals surface area contributed by atoms with Gasteiger partial charge in [-0.3, -0.25) is 14.5 Å². The van der Waals surface area contributed by atoms with Crippen LogP contribution in [0.4, 0.5) is 0 Å². The van der Waals surface area contributed by atoms with E-state index in [2.05, 4.69) is 12.1 Å². The van der Waals surface area contributed by atoms with Crippen LogP contribution in [0.5, 0.6) is 0 Å². The summed E-state index contributed by atoms with van der Waals surface area (Å²) in [6, 6.07) is 25.5. The van der Waals surface area contributed by atoms with E-state index in [0.29, 0.717) is 11.6 Å². The largest absolute Gasteiger partial charge is 0.277 e. The van der Waals surface area contributed by atoms with Gasteiger partial charge in [-0.1, -0.05) is 90.5 Å². The zero-order chi connectivity index (χ0) is 21.2. The fourth-order valence-electron chi connectivity index (χ4n) is 5.85. The zero-order valence-electron chi connectivity index (χ0n) is 16.7. The Morgan fingerprint density at radius 3 is 2.35 bits per heavy atom. The highest BCUT2D eigenvalue weighted by Crippen LogP contribution is 2.62. The number of imide groups is 1. The molecule has 4 aliphatic rings. The lowest BCUT2D eigenvalue weighted by Crippen LogP contribution is -2.49. The molecule has 3 aromatic carbocycles. The van der Waals surface area contributed by atoms with Gasteiger partial charge in [0.25, 0.3) is 0 Å². The van der Waals surface area contributed by atoms with Gasteiger partial charge in [0.2, 0.25) is 11.8 Å². The fourth-order valence-corrected chi connectivity index (χ4v) is 5.97. The lowest BCUT2D eigenvalue weighted by molar-refractivity contribution is -0.140. The minimum absolute atomic E-state index is 0.0534. The minimum Gasteiger partial charge on any atom is -0.277 e. The molecule has 7 rings (SSSR count). The summed E-state index contributed by atoms with van der Waals surface area (Å²) < 4.78 is 0. The van der Waals surface area contributed by atoms with E-state index < -0.39 is 11.3 Å². The van der Waals surface area contributed by atoms with Gasteiger partial charge >= 0.3 is 0 Å². The lowest BCUT2D eigenvalue weighted by Gasteiger charge is -2.48. The molecule has 4 atom stereocenters. The molecule has 4 heteroatoms. The molecule has 0 N–H and O–H groups in total. The molecule has 2 bridgehead atoms. The Morgan fingerprint density at radius 1 is 0.871 bits per heavy atom. The van der Waals surface area contributed by atoms with E-state index >= 15 is 0 Å². The van der Waals surface area contributed by atoms with Crippen LogP contribution in [-0.4, -0.2) is 16.7 Å². The summed E-state index contributed by atoms with van der Waals surface area (Å²) in [5.74, 6) is -0.702. The molecule has 3 aliphatic carbocycles. The van der Waals surface area contributed by atoms with E-state index in [1.54, 1.807) is 0 Å². The number of carbonyl (C=O) groups is 2. The maximum atomic E-state index is 14.0. The normalized spacial score (nSPS) is 28.0. The van der Waals surface area contributed by atoms with Crippen LogP contribution in [0.3, 0.4) is 0 Å². The quantitative estimate of drug-likeness (QED) is 0.426. The smallest absolute Gasteiger partial charge is 0.244 e. The SMILES string of the molecule is O=C1[C@H]2[C@H](c3ccc(Cl)cc3)[C@H]3C=C[C@]2(C(=O)N1Cc1ccccc1)c1ccccc13. The number of rotatable bonds is 3. The second kappa shape index (κ2) is 6.66. The third-order valence-corrected chi connectivity index (χ3v) is 7.39. The molecule has 3 aromatic rings. The molecule has 31 heavy (non-hydrogen) atoms. The van der Waals surface area contributed by atoms with Crippen LogP contribution in [-0.2, 0) is 21.5 Å². The van der Waals surface area contributed by atoms with Crippen molar-refractivity contribution in [1.29, 1.82) is 0 Å². The van der Waals surface area contributed by atoms with E-state index in [1.807, 2.05) is 78.9 Å². The van der Waals surface area contributed by atoms with Crippen LogP contribution in [0.2, 0.25) is 5.02 Å². The molecule has 0 aromatic heterocycles. The number of amides is 2. The second-order valence-corrected chi connectivity index (χ2v) is 9.05. The lowest BCUT2D eigenvalue weighted by atomic mass is 9.51. The first-order valence-corrected chi connectivity index (χ1v) is 10.9. The molecular weight excluding hydrogens is 406 g/mol. The second-order valence-electron chi connectivity index (χ2n) is 8.61. The number of allylic oxidation sites excluding steroid dienone is 1. The highest BCUT2D eigenvalue weighted by molar-refractivity contribution is 6.30. The Morgan fingerprint density at radius 2 is 1.58 bits per heavy atom. The molecule has 1 fully saturated rings. The average molecular weight is 426 g/mol. The van der Waals surface area contributed by atoms with E-state index in [0.717, 1.165) is 22.3 Å². The molecule has 1 heterocycles. The van der Waals surface area contributed by atoms with Crippen LogP contribution in [0, 0.1) is 5.92 Å². The van der Waals surface area contributed by atoms with E-state index in [4.69, 9.17) is 11.6 Å². The first-order valence-electron chi connectivity index (χ1n) is 10.6. The summed E-state index contributed by atoms with van der Waals surface area (Å²) in [5, 5.41) is 0.662. The van der Waals surface area contributed by atoms with Crippen LogP contribution in [0.1, 0.15) is 34.1 Å². The predicted octanol–water partition coefficient (Wildman–Crippen LogP) is 5.21. The maximum Gasteiger partial charge on any atom is 0.244 e. The molecule has 0 radical (unpaired) electrons. The van der Waals surface area contributed by atoms with Gasteiger partial charge in [0.15, 0.2) is 0 Å². The standard InChI is InChI=1S/C27H20ClNO2/c28-19-12-10-18(11-13-19)23-21-14-15-27(22-9-5-4-8-20(21)22)24(23)25(30)29(26(27)31)16-17-6-2-1-3-7-17/h1-15,21,23-24H,16H2/t21-,23+,24+,27-/m0/s1. The summed E-state index contributed by atoms with van der Waals surface area (Å²) in [4.78, 5) is 29.3. The van der Waals surface area contributed by atoms with Crippen molar-refractivity contribution in [2.75, 3.05) is 0 Å². The van der Waals surface area contributed by atoms with Crippen LogP contribution in [0.15, 0.2) is 91.0 Å². The van der Waals surface area contributed by atoms with Crippen molar-refractivity contribution in [3.8, 4) is 0 Å². The Labute approximate surface area is 186 Å². The van der Waals surface area contributed by atoms with E-state index in [-0.39, 0.29) is 23.7 Å². The Bertz CT molecular complexity index is 1230. The molecule has 1 saturated heterocycles. The number of hydrogen-bond donors (Lipinski definition) is 0. The van der Waals surface area contributed by atoms with Gasteiger partial charge in [-0.2, -0.15) is 0 Å². The highest BCUT2D eigenvalue weighted by Gasteiger charge is 2.67. The van der Waals surface area contributed by atoms with Crippen LogP contribution < -0.4 is 0 Å². The maximum absolute atomic E-state index is 14.0. The zero-order valence-corrected chi connectivity index (χ0v) is 17.5. The molecule has 1 spiro atoms. The van der Waals surface area contributed by atoms with Crippen LogP contribution in [0.25, 0.3) is 0 Å². The molecule has 3 nitrogen and oxygen atoms in total. The minimum atomic E-state index is -0.943. The number of likely N-dealkylation sites (tertiary alicyclic amines) is 1. The molecule has 1 aliphatic heterocycles. The number of hydrogen-bond acceptors (Lipinski definition) is 2. The molecular formula is C27H20ClNO2. The number of carbonyl (C=O) groups excluding carboxylic acids is 2. The number of nitrogens with zero attached hydrogens (tertiary/aromatic N) is 1. The first kappa shape index (κ1) is 18.6. The highest BCUT2D eigenvalue weighted by atomic mass is 35.5. The number of halogens is 1. The van der Waals surface area contributed by atoms with E-state index in [1.165, 1.54) is 4.90 Å². The van der Waals surface area contributed by atoms with Gasteiger partial charge < -0.3 is 0 Å². The first-order chi connectivity index (χ1) is 15.1. The Balaban J connectivity index is 1.54. The Hall–Kier alpha value is -3.17. The van der Waals surface area contributed by atoms with Crippen molar-refractivity contribution in [1.82, 2.24) is 4.90 Å². The van der Waals surface area contributed by atoms with Gasteiger partial charge in [-0.15, -0.1) is 0 Å². The third kappa shape index (κ3) is 2.47. The average Bonchev–Trinajstić information content (AvgIpc) is 3.03. The number of benzene rings is 3. The van der Waals surface area contributed by atoms with Gasteiger partial charge in [-0.05, 0) is 34.4 Å². The van der Waals surface area contributed by atoms with Crippen molar-refractivity contribution in [3.05, 3.63) is 118 Å². The fraction of sp³-hybridized carbons (Fsp3) is 0.185. The van der Waals surface area contributed by atoms with Crippen molar-refractivity contribution >= 4 is 23.4 Å². The van der Waals surface area contributed by atoms with Crippen molar-refractivity contribution in [2.45, 2.75) is 23.8 Å². The van der Waals surface area contributed by atoms with Crippen molar-refractivity contribution < 1.29 is 9.59 Å². The summed E-state index contributed by atoms with van der Waals surface area (Å²) in [6.07, 6.45) is 4.14. The van der Waals surface area contributed by atoms with Gasteiger partial charge in [0, 0.05) is 16.9 Å². The summed E-state index contributed by atoms with van der Waals surface area (Å²) >= 11 is 6.14. The monoisotopic (exact) mass is 425 g/mol. The van der Waals surface area contributed by atoms with E-state index in [9.17, 15) is 9.59 Å². The molecule has 152 valence electrons. The topological polar surface area (TPSA) is 37.4 Å². The summed E-state index contributed by atoms with van der Waals surface area (Å²) in [7, 11) is 0. The molecule has 2 amide bonds. The molecule has 0 saturated carbocycles. The summed E-state index contributed by atoms with van der Waals surface area (Å²) in [5.41, 5.74) is 3.18. The van der Waals surface area contributed by atoms with Gasteiger partial charge in [0.1, 0.15) is 5.41 Å². The van der Waals surface area contributed by atoms with Crippen molar-refractivity contribution in [2.24, 2.45) is 5.92 Å².